The van der Waals surface area contributed by atoms with E-state index in [1.54, 1.807) is 18.3 Å². The molecule has 29 heavy (non-hydrogen) atoms. The molecule has 0 radical (unpaired) electrons. The van der Waals surface area contributed by atoms with Crippen molar-refractivity contribution in [1.82, 2.24) is 20.2 Å². The number of aliphatic hydroxyl groups excluding tert-OH is 1. The van der Waals surface area contributed by atoms with Gasteiger partial charge in [0.2, 0.25) is 11.7 Å². The molecule has 0 saturated carbocycles. The lowest BCUT2D eigenvalue weighted by atomic mass is 9.93. The lowest BCUT2D eigenvalue weighted by molar-refractivity contribution is -0.120. The van der Waals surface area contributed by atoms with Crippen molar-refractivity contribution in [2.75, 3.05) is 27.2 Å². The van der Waals surface area contributed by atoms with Gasteiger partial charge in [-0.2, -0.15) is 0 Å². The number of carbonyl (C=O) groups is 2. The first-order valence-corrected chi connectivity index (χ1v) is 10.5. The molecule has 0 aliphatic heterocycles. The average Bonchev–Trinajstić information content (AvgIpc) is 3.09. The van der Waals surface area contributed by atoms with Gasteiger partial charge in [-0.05, 0) is 59.0 Å². The van der Waals surface area contributed by atoms with Gasteiger partial charge in [-0.1, -0.05) is 0 Å². The summed E-state index contributed by atoms with van der Waals surface area (Å²) in [4.78, 5) is 36.3. The van der Waals surface area contributed by atoms with Gasteiger partial charge in [0.25, 0.3) is 0 Å². The van der Waals surface area contributed by atoms with Crippen LogP contribution in [-0.4, -0.2) is 58.8 Å². The number of nitrogens with one attached hydrogen (secondary N) is 1. The normalized spacial score (nSPS) is 15.4. The first-order valence-electron chi connectivity index (χ1n) is 9.65. The minimum absolute atomic E-state index is 0.0262. The van der Waals surface area contributed by atoms with Gasteiger partial charge in [0.1, 0.15) is 10.8 Å². The highest BCUT2D eigenvalue weighted by Gasteiger charge is 2.29. The number of amides is 1. The number of aromatic nitrogens is 2. The zero-order chi connectivity index (χ0) is 21.0. The second-order valence-electron chi connectivity index (χ2n) is 7.41. The number of rotatable bonds is 7. The Kier molecular flexibility index (Phi) is 6.76. The highest BCUT2D eigenvalue weighted by molar-refractivity contribution is 7.14. The van der Waals surface area contributed by atoms with Crippen LogP contribution in [-0.2, 0) is 17.6 Å². The van der Waals surface area contributed by atoms with Crippen molar-refractivity contribution in [3.05, 3.63) is 50.7 Å². The van der Waals surface area contributed by atoms with Crippen LogP contribution in [0.15, 0.2) is 23.9 Å². The number of hydrogen-bond donors (Lipinski definition) is 2. The minimum atomic E-state index is -0.209. The summed E-state index contributed by atoms with van der Waals surface area (Å²) in [5.41, 5.74) is 2.47. The molecule has 8 heteroatoms. The van der Waals surface area contributed by atoms with Gasteiger partial charge in [-0.15, -0.1) is 11.3 Å². The summed E-state index contributed by atoms with van der Waals surface area (Å²) in [5, 5.41) is 14.1. The summed E-state index contributed by atoms with van der Waals surface area (Å²) in [5.74, 6) is -0.326. The van der Waals surface area contributed by atoms with Crippen LogP contribution in [0.4, 0.5) is 0 Å². The van der Waals surface area contributed by atoms with Crippen molar-refractivity contribution < 1.29 is 14.7 Å². The third-order valence-electron chi connectivity index (χ3n) is 4.72. The Labute approximate surface area is 174 Å². The molecule has 1 aliphatic carbocycles. The molecule has 1 aliphatic rings. The van der Waals surface area contributed by atoms with Crippen molar-refractivity contribution in [2.45, 2.75) is 32.6 Å². The van der Waals surface area contributed by atoms with Crippen LogP contribution in [0.2, 0.25) is 0 Å². The number of allylic oxidation sites excluding steroid dienone is 1. The predicted molar refractivity (Wildman–Crippen MR) is 113 cm³/mol. The van der Waals surface area contributed by atoms with E-state index in [0.717, 1.165) is 18.7 Å². The van der Waals surface area contributed by atoms with Gasteiger partial charge in [0.05, 0.1) is 17.0 Å². The lowest BCUT2D eigenvalue weighted by Gasteiger charge is -2.14. The van der Waals surface area contributed by atoms with Gasteiger partial charge >= 0.3 is 0 Å². The molecule has 0 fully saturated rings. The topological polar surface area (TPSA) is 95.4 Å². The Morgan fingerprint density at radius 1 is 1.31 bits per heavy atom. The molecule has 0 aromatic carbocycles. The Morgan fingerprint density at radius 3 is 2.79 bits per heavy atom. The molecule has 2 aromatic heterocycles. The Hall–Kier alpha value is -2.58. The van der Waals surface area contributed by atoms with E-state index in [4.69, 9.17) is 0 Å². The lowest BCUT2D eigenvalue weighted by Crippen LogP contribution is -2.28. The maximum absolute atomic E-state index is 12.9. The number of Topliss-reactive ketones (excluding diaryl/α,β-unsaturated/α-hetero) is 1. The fourth-order valence-electron chi connectivity index (χ4n) is 3.15. The number of aliphatic hydroxyl groups is 1. The van der Waals surface area contributed by atoms with Gasteiger partial charge < -0.3 is 15.3 Å². The van der Waals surface area contributed by atoms with Gasteiger partial charge in [0, 0.05) is 29.6 Å². The van der Waals surface area contributed by atoms with Crippen molar-refractivity contribution in [3.63, 3.8) is 0 Å². The standard InChI is InChI=1S/C21H26N4O3S/c1-13-5-6-14(12-23-13)19(27)15-7-8-16-21(20(15)28)29-18(24-16)11-17(26)22-9-4-10-25(2)3/h5-6,12,27H,4,7-11H2,1-3H3,(H,22,26). The van der Waals surface area contributed by atoms with Gasteiger partial charge in [-0.3, -0.25) is 14.6 Å². The van der Waals surface area contributed by atoms with Crippen LogP contribution in [0.25, 0.3) is 5.76 Å². The molecule has 154 valence electrons. The number of carbonyl (C=O) groups excluding carboxylic acids is 2. The Balaban J connectivity index is 1.68. The van der Waals surface area contributed by atoms with Crippen LogP contribution in [0.5, 0.6) is 0 Å². The van der Waals surface area contributed by atoms with Crippen LogP contribution in [0.3, 0.4) is 0 Å². The van der Waals surface area contributed by atoms with Crippen LogP contribution in [0, 0.1) is 6.92 Å². The summed E-state index contributed by atoms with van der Waals surface area (Å²) in [6.07, 6.45) is 3.61. The van der Waals surface area contributed by atoms with Crippen molar-refractivity contribution in [1.29, 1.82) is 0 Å². The third-order valence-corrected chi connectivity index (χ3v) is 5.82. The van der Waals surface area contributed by atoms with Gasteiger partial charge in [0.15, 0.2) is 0 Å². The monoisotopic (exact) mass is 414 g/mol. The van der Waals surface area contributed by atoms with E-state index in [1.165, 1.54) is 11.3 Å². The summed E-state index contributed by atoms with van der Waals surface area (Å²) < 4.78 is 0. The van der Waals surface area contributed by atoms with Crippen LogP contribution in [0.1, 0.15) is 44.5 Å². The molecule has 2 aromatic rings. The highest BCUT2D eigenvalue weighted by Crippen LogP contribution is 2.33. The molecule has 2 N–H and O–H groups in total. The summed E-state index contributed by atoms with van der Waals surface area (Å²) >= 11 is 1.24. The van der Waals surface area contributed by atoms with E-state index in [9.17, 15) is 14.7 Å². The van der Waals surface area contributed by atoms with E-state index in [-0.39, 0.29) is 23.9 Å². The molecular weight excluding hydrogens is 388 g/mol. The molecule has 0 atom stereocenters. The maximum atomic E-state index is 12.9. The second-order valence-corrected chi connectivity index (χ2v) is 8.50. The molecule has 0 saturated heterocycles. The van der Waals surface area contributed by atoms with E-state index in [1.807, 2.05) is 21.0 Å². The van der Waals surface area contributed by atoms with Crippen LogP contribution >= 0.6 is 11.3 Å². The quantitative estimate of drug-likeness (QED) is 0.411. The summed E-state index contributed by atoms with van der Waals surface area (Å²) in [7, 11) is 3.99. The van der Waals surface area contributed by atoms with Crippen molar-refractivity contribution in [2.24, 2.45) is 0 Å². The molecule has 3 rings (SSSR count). The Morgan fingerprint density at radius 2 is 2.10 bits per heavy atom. The average molecular weight is 415 g/mol. The number of pyridine rings is 1. The molecule has 0 spiro atoms. The zero-order valence-electron chi connectivity index (χ0n) is 17.0. The fraction of sp³-hybridized carbons (Fsp3) is 0.429. The van der Waals surface area contributed by atoms with Crippen molar-refractivity contribution >= 4 is 28.8 Å². The number of thiazole rings is 1. The fourth-order valence-corrected chi connectivity index (χ4v) is 4.22. The molecule has 0 unspecified atom stereocenters. The first kappa shape index (κ1) is 21.1. The highest BCUT2D eigenvalue weighted by atomic mass is 32.1. The number of hydrogen-bond acceptors (Lipinski definition) is 7. The zero-order valence-corrected chi connectivity index (χ0v) is 17.8. The van der Waals surface area contributed by atoms with Crippen molar-refractivity contribution in [3.8, 4) is 0 Å². The minimum Gasteiger partial charge on any atom is -0.507 e. The molecule has 2 heterocycles. The summed E-state index contributed by atoms with van der Waals surface area (Å²) in [6.45, 7) is 3.39. The molecule has 1 amide bonds. The van der Waals surface area contributed by atoms with Crippen LogP contribution < -0.4 is 5.32 Å². The smallest absolute Gasteiger partial charge is 0.226 e. The number of aryl methyl sites for hydroxylation is 2. The maximum Gasteiger partial charge on any atom is 0.226 e. The van der Waals surface area contributed by atoms with E-state index < -0.39 is 0 Å². The van der Waals surface area contributed by atoms with E-state index in [2.05, 4.69) is 20.2 Å². The molecular formula is C21H26N4O3S. The van der Waals surface area contributed by atoms with E-state index >= 15 is 0 Å². The second kappa shape index (κ2) is 9.28. The van der Waals surface area contributed by atoms with Gasteiger partial charge in [-0.25, -0.2) is 4.98 Å². The number of fused-ring (bicyclic) bond motifs is 1. The third kappa shape index (κ3) is 5.27. The van der Waals surface area contributed by atoms with E-state index in [0.29, 0.717) is 46.1 Å². The predicted octanol–water partition coefficient (Wildman–Crippen LogP) is 2.56. The number of ketones is 1. The molecule has 7 nitrogen and oxygen atoms in total. The first-order chi connectivity index (χ1) is 13.8. The SMILES string of the molecule is Cc1ccc(C(O)=C2CCc3nc(CC(=O)NCCCN(C)C)sc3C2=O)cn1. The largest absolute Gasteiger partial charge is 0.507 e. The molecule has 0 bridgehead atoms. The Bertz CT molecular complexity index is 932. The summed E-state index contributed by atoms with van der Waals surface area (Å²) in [6, 6.07) is 3.55. The number of nitrogens with zero attached hydrogens (tertiary/aromatic N) is 3.